The lowest BCUT2D eigenvalue weighted by Gasteiger charge is -2.37. The van der Waals surface area contributed by atoms with E-state index in [2.05, 4.69) is 41.3 Å². The number of aromatic amines is 1. The first kappa shape index (κ1) is 26.5. The van der Waals surface area contributed by atoms with Crippen molar-refractivity contribution < 1.29 is 24.2 Å². The molecule has 1 aliphatic rings. The van der Waals surface area contributed by atoms with E-state index in [-0.39, 0.29) is 34.4 Å². The predicted octanol–water partition coefficient (Wildman–Crippen LogP) is 2.82. The number of carboxylic acids is 1. The molecule has 0 aliphatic carbocycles. The number of anilines is 1. The number of piperidine rings is 1. The maximum absolute atomic E-state index is 12.9. The molecule has 0 saturated carbocycles. The van der Waals surface area contributed by atoms with E-state index >= 15 is 0 Å². The molecule has 4 heterocycles. The van der Waals surface area contributed by atoms with Crippen molar-refractivity contribution >= 4 is 55.9 Å². The van der Waals surface area contributed by atoms with Crippen molar-refractivity contribution in [3.8, 4) is 11.5 Å². The molecule has 1 amide bonds. The lowest BCUT2D eigenvalue weighted by molar-refractivity contribution is 0.0540. The van der Waals surface area contributed by atoms with Crippen LogP contribution in [0, 0.1) is 6.92 Å². The van der Waals surface area contributed by atoms with E-state index in [4.69, 9.17) is 21.1 Å². The number of aryl methyl sites for hydroxylation is 1. The molecule has 1 fully saturated rings. The molecule has 2 atom stereocenters. The molecular formula is C21H25BrClN7O5S. The topological polar surface area (TPSA) is 147 Å². The van der Waals surface area contributed by atoms with Gasteiger partial charge in [-0.25, -0.2) is 19.4 Å². The highest BCUT2D eigenvalue weighted by Crippen LogP contribution is 2.34. The van der Waals surface area contributed by atoms with Crippen LogP contribution in [0.3, 0.4) is 0 Å². The second-order valence-corrected chi connectivity index (χ2v) is 10.3. The van der Waals surface area contributed by atoms with Crippen molar-refractivity contribution in [3.05, 3.63) is 32.1 Å². The molecule has 194 valence electrons. The van der Waals surface area contributed by atoms with Gasteiger partial charge in [0.1, 0.15) is 22.6 Å². The number of aromatic nitrogens is 5. The number of halogens is 2. The Kier molecular flexibility index (Phi) is 8.30. The third-order valence-corrected chi connectivity index (χ3v) is 8.41. The number of carboxylic acid groups (broad SMARTS) is 1. The minimum absolute atomic E-state index is 0.0581. The molecule has 3 N–H and O–H groups in total. The summed E-state index contributed by atoms with van der Waals surface area (Å²) in [5.41, 5.74) is 1.26. The van der Waals surface area contributed by atoms with Gasteiger partial charge in [0.15, 0.2) is 5.13 Å². The molecule has 0 aromatic carbocycles. The zero-order valence-corrected chi connectivity index (χ0v) is 22.9. The largest absolute Gasteiger partial charge is 0.477 e. The Labute approximate surface area is 224 Å². The Morgan fingerprint density at radius 2 is 2.19 bits per heavy atom. The van der Waals surface area contributed by atoms with Gasteiger partial charge in [-0.3, -0.25) is 4.79 Å². The molecule has 3 aromatic rings. The summed E-state index contributed by atoms with van der Waals surface area (Å²) >= 11 is 10.6. The Balaban J connectivity index is 1.50. The molecule has 0 unspecified atom stereocenters. The van der Waals surface area contributed by atoms with Crippen LogP contribution in [0.2, 0.25) is 5.02 Å². The molecule has 3 aromatic heterocycles. The number of thiazole rings is 1. The van der Waals surface area contributed by atoms with Crippen LogP contribution in [0.1, 0.15) is 32.3 Å². The van der Waals surface area contributed by atoms with Crippen LogP contribution in [0.4, 0.5) is 5.13 Å². The van der Waals surface area contributed by atoms with Crippen molar-refractivity contribution in [1.29, 1.82) is 0 Å². The van der Waals surface area contributed by atoms with E-state index in [0.717, 1.165) is 11.3 Å². The van der Waals surface area contributed by atoms with Gasteiger partial charge in [0, 0.05) is 33.0 Å². The van der Waals surface area contributed by atoms with Crippen molar-refractivity contribution in [2.45, 2.75) is 32.0 Å². The highest BCUT2D eigenvalue weighted by Gasteiger charge is 2.34. The van der Waals surface area contributed by atoms with Crippen LogP contribution in [-0.4, -0.2) is 87.8 Å². The molecule has 36 heavy (non-hydrogen) atoms. The van der Waals surface area contributed by atoms with Gasteiger partial charge in [0.25, 0.3) is 5.91 Å². The Morgan fingerprint density at radius 1 is 1.42 bits per heavy atom. The van der Waals surface area contributed by atoms with Crippen LogP contribution < -0.4 is 10.2 Å². The second kappa shape index (κ2) is 11.3. The summed E-state index contributed by atoms with van der Waals surface area (Å²) in [6, 6.07) is -0.260. The van der Waals surface area contributed by atoms with E-state index in [1.54, 1.807) is 25.8 Å². The molecule has 0 radical (unpaired) electrons. The number of rotatable bonds is 9. The van der Waals surface area contributed by atoms with Gasteiger partial charge in [0.05, 0.1) is 34.8 Å². The first-order chi connectivity index (χ1) is 17.2. The minimum atomic E-state index is -1.10. The number of H-pyrrole nitrogens is 1. The number of nitrogens with zero attached hydrogens (tertiary/aromatic N) is 5. The van der Waals surface area contributed by atoms with Crippen LogP contribution in [-0.2, 0) is 16.0 Å². The molecule has 4 rings (SSSR count). The molecule has 12 nitrogen and oxygen atoms in total. The summed E-state index contributed by atoms with van der Waals surface area (Å²) in [5, 5.41) is 18.1. The molecule has 15 heteroatoms. The lowest BCUT2D eigenvalue weighted by Crippen LogP contribution is -2.55. The standard InChI is InChI=1S/C21H25BrClN7O5S/c1-10-14(23)13(22)15(25-10)19(31)26-11-4-5-29(8-12(11)35-3)21-27-16(17(36-21)20(32)33)18-24-9-30(28-18)6-7-34-2/h9,11-12,25H,4-8H2,1-3H3,(H,26,31)(H,32,33)/t11-,12+/m1/s1. The quantitative estimate of drug-likeness (QED) is 0.336. The maximum atomic E-state index is 12.9. The second-order valence-electron chi connectivity index (χ2n) is 8.15. The number of hydrogen-bond acceptors (Lipinski definition) is 9. The number of aromatic carboxylic acids is 1. The highest BCUT2D eigenvalue weighted by atomic mass is 79.9. The van der Waals surface area contributed by atoms with E-state index < -0.39 is 5.97 Å². The first-order valence-corrected chi connectivity index (χ1v) is 13.0. The van der Waals surface area contributed by atoms with E-state index in [1.165, 1.54) is 6.33 Å². The third-order valence-electron chi connectivity index (χ3n) is 5.81. The average Bonchev–Trinajstić information content (AvgIpc) is 3.57. The van der Waals surface area contributed by atoms with Crippen LogP contribution in [0.5, 0.6) is 0 Å². The molecule has 0 bridgehead atoms. The molecule has 1 saturated heterocycles. The van der Waals surface area contributed by atoms with Crippen molar-refractivity contribution in [1.82, 2.24) is 30.0 Å². The zero-order chi connectivity index (χ0) is 26.0. The van der Waals surface area contributed by atoms with Gasteiger partial charge in [-0.2, -0.15) is 0 Å². The Hall–Kier alpha value is -2.52. The summed E-state index contributed by atoms with van der Waals surface area (Å²) in [6.45, 7) is 3.68. The fraction of sp³-hybridized carbons (Fsp3) is 0.476. The van der Waals surface area contributed by atoms with Gasteiger partial charge in [-0.1, -0.05) is 22.9 Å². The van der Waals surface area contributed by atoms with Gasteiger partial charge in [-0.05, 0) is 29.3 Å². The summed E-state index contributed by atoms with van der Waals surface area (Å²) in [7, 11) is 3.16. The number of nitrogens with one attached hydrogen (secondary N) is 2. The summed E-state index contributed by atoms with van der Waals surface area (Å²) in [5.74, 6) is -1.16. The lowest BCUT2D eigenvalue weighted by atomic mass is 10.0. The van der Waals surface area contributed by atoms with Crippen LogP contribution >= 0.6 is 38.9 Å². The minimum Gasteiger partial charge on any atom is -0.477 e. The van der Waals surface area contributed by atoms with E-state index in [9.17, 15) is 14.7 Å². The van der Waals surface area contributed by atoms with E-state index in [0.29, 0.717) is 58.7 Å². The summed E-state index contributed by atoms with van der Waals surface area (Å²) in [6.07, 6.45) is 1.74. The third kappa shape index (κ3) is 5.42. The summed E-state index contributed by atoms with van der Waals surface area (Å²) < 4.78 is 12.8. The van der Waals surface area contributed by atoms with Crippen molar-refractivity contribution in [3.63, 3.8) is 0 Å². The first-order valence-electron chi connectivity index (χ1n) is 11.0. The maximum Gasteiger partial charge on any atom is 0.348 e. The van der Waals surface area contributed by atoms with Crippen LogP contribution in [0.25, 0.3) is 11.5 Å². The number of amides is 1. The van der Waals surface area contributed by atoms with Crippen LogP contribution in [0.15, 0.2) is 10.8 Å². The average molecular weight is 603 g/mol. The number of carbonyl (C=O) groups is 2. The van der Waals surface area contributed by atoms with Gasteiger partial charge in [-0.15, -0.1) is 5.10 Å². The number of methoxy groups -OCH3 is 2. The highest BCUT2D eigenvalue weighted by molar-refractivity contribution is 9.10. The molecule has 0 spiro atoms. The summed E-state index contributed by atoms with van der Waals surface area (Å²) in [4.78, 5) is 38.6. The fourth-order valence-corrected chi connectivity index (χ4v) is 5.55. The zero-order valence-electron chi connectivity index (χ0n) is 19.7. The van der Waals surface area contributed by atoms with Gasteiger partial charge < -0.3 is 29.8 Å². The Morgan fingerprint density at radius 3 is 2.83 bits per heavy atom. The Bertz CT molecular complexity index is 1260. The monoisotopic (exact) mass is 601 g/mol. The predicted molar refractivity (Wildman–Crippen MR) is 137 cm³/mol. The van der Waals surface area contributed by atoms with Crippen molar-refractivity contribution in [2.24, 2.45) is 0 Å². The number of ether oxygens (including phenoxy) is 2. The normalized spacial score (nSPS) is 18.0. The number of hydrogen-bond donors (Lipinski definition) is 3. The molecular weight excluding hydrogens is 578 g/mol. The molecule has 1 aliphatic heterocycles. The van der Waals surface area contributed by atoms with Gasteiger partial charge in [0.2, 0.25) is 5.82 Å². The van der Waals surface area contributed by atoms with E-state index in [1.807, 2.05) is 4.90 Å². The van der Waals surface area contributed by atoms with Gasteiger partial charge >= 0.3 is 5.97 Å². The smallest absolute Gasteiger partial charge is 0.348 e. The fourth-order valence-electron chi connectivity index (χ4n) is 3.90. The SMILES string of the molecule is COCCn1cnc(-c2nc(N3CC[C@@H](NC(=O)c4[nH]c(C)c(Cl)c4Br)[C@@H](OC)C3)sc2C(=O)O)n1. The van der Waals surface area contributed by atoms with Crippen molar-refractivity contribution in [2.75, 3.05) is 38.8 Å². The number of carbonyl (C=O) groups excluding carboxylic acids is 1.